The number of nitrogens with zero attached hydrogens (tertiary/aromatic N) is 4. The second-order valence-electron chi connectivity index (χ2n) is 29.1. The van der Waals surface area contributed by atoms with Crippen LogP contribution in [0.25, 0.3) is 0 Å². The maximum atomic E-state index is 13.1. The second-order valence-corrected chi connectivity index (χ2v) is 33.3. The predicted molar refractivity (Wildman–Crippen MR) is 418 cm³/mol. The number of ether oxygens (including phenoxy) is 6. The van der Waals surface area contributed by atoms with Crippen LogP contribution in [0.3, 0.4) is 0 Å². The number of pyridine rings is 2. The van der Waals surface area contributed by atoms with Crippen molar-refractivity contribution in [1.29, 1.82) is 0 Å². The maximum absolute atomic E-state index is 13.1. The molecule has 3 aliphatic carbocycles. The third kappa shape index (κ3) is 17.7. The van der Waals surface area contributed by atoms with E-state index in [0.717, 1.165) is 87.6 Å². The molecular weight excluding hydrogens is 1480 g/mol. The topological polar surface area (TPSA) is 264 Å². The number of carbonyl (C=O) groups excluding carboxylic acids is 3. The molecule has 3 aromatic heterocycles. The van der Waals surface area contributed by atoms with Crippen LogP contribution >= 0.6 is 81.7 Å². The molecule has 3 saturated carbocycles. The van der Waals surface area contributed by atoms with Crippen LogP contribution in [0.4, 0.5) is 0 Å². The van der Waals surface area contributed by atoms with Gasteiger partial charge in [0.25, 0.3) is 51.8 Å². The third-order valence-corrected chi connectivity index (χ3v) is 25.1. The highest BCUT2D eigenvalue weighted by molar-refractivity contribution is 7.99. The summed E-state index contributed by atoms with van der Waals surface area (Å²) in [5.74, 6) is 0.759. The lowest BCUT2D eigenvalue weighted by Gasteiger charge is -2.39. The molecular formula is C76H98Cl4N10O12S3. The number of hydrogen-bond acceptors (Lipinski definition) is 19. The number of benzene rings is 3. The molecule has 105 heavy (non-hydrogen) atoms. The van der Waals surface area contributed by atoms with E-state index in [9.17, 15) is 28.8 Å². The van der Waals surface area contributed by atoms with E-state index in [1.54, 1.807) is 31.2 Å². The van der Waals surface area contributed by atoms with E-state index in [4.69, 9.17) is 74.8 Å². The highest BCUT2D eigenvalue weighted by Gasteiger charge is 2.51. The highest BCUT2D eigenvalue weighted by atomic mass is 35.5. The summed E-state index contributed by atoms with van der Waals surface area (Å²) in [4.78, 5) is 97.4. The number of carbonyl (C=O) groups is 3. The Morgan fingerprint density at radius 3 is 1.08 bits per heavy atom. The molecule has 12 rings (SSSR count). The number of H-pyrrole nitrogens is 3. The number of nitrogens with one attached hydrogen (secondary N) is 6. The first-order valence-corrected chi connectivity index (χ1v) is 40.6. The van der Waals surface area contributed by atoms with Gasteiger partial charge in [0.2, 0.25) is 0 Å². The van der Waals surface area contributed by atoms with E-state index in [2.05, 4.69) is 92.9 Å². The van der Waals surface area contributed by atoms with Crippen molar-refractivity contribution in [3.63, 3.8) is 0 Å². The van der Waals surface area contributed by atoms with Gasteiger partial charge in [0, 0.05) is 124 Å². The largest absolute Gasteiger partial charge is 0.448 e. The van der Waals surface area contributed by atoms with E-state index >= 15 is 0 Å². The fourth-order valence-corrected chi connectivity index (χ4v) is 18.2. The smallest absolute Gasteiger partial charge is 0.257 e. The highest BCUT2D eigenvalue weighted by Crippen LogP contribution is 2.55. The molecule has 6 aliphatic rings. The Kier molecular flexibility index (Phi) is 26.1. The lowest BCUT2D eigenvalue weighted by Crippen LogP contribution is -2.46. The average Bonchev–Trinajstić information content (AvgIpc) is 1.61. The summed E-state index contributed by atoms with van der Waals surface area (Å²) in [5, 5.41) is 10.4. The Bertz CT molecular complexity index is 4020. The normalized spacial score (nSPS) is 23.5. The Hall–Kier alpha value is -6.26. The monoisotopic (exact) mass is 1580 g/mol. The molecule has 29 heteroatoms. The van der Waals surface area contributed by atoms with E-state index < -0.39 is 17.4 Å². The molecule has 6 N–H and O–H groups in total. The van der Waals surface area contributed by atoms with Crippen LogP contribution < -0.4 is 61.0 Å². The number of halogens is 4. The molecule has 0 unspecified atom stereocenters. The van der Waals surface area contributed by atoms with Gasteiger partial charge < -0.3 is 74.0 Å². The average molecular weight is 1580 g/mol. The summed E-state index contributed by atoms with van der Waals surface area (Å²) in [7, 11) is 12.7. The first-order chi connectivity index (χ1) is 49.6. The molecule has 6 aromatic rings. The van der Waals surface area contributed by atoms with Gasteiger partial charge in [-0.1, -0.05) is 46.4 Å². The molecule has 3 fully saturated rings. The number of aromatic amines is 3. The molecule has 3 atom stereocenters. The van der Waals surface area contributed by atoms with Gasteiger partial charge in [-0.05, 0) is 203 Å². The minimum Gasteiger partial charge on any atom is -0.448 e. The van der Waals surface area contributed by atoms with Gasteiger partial charge in [0.05, 0.1) is 32.7 Å². The van der Waals surface area contributed by atoms with E-state index in [1.807, 2.05) is 73.3 Å². The zero-order chi connectivity index (χ0) is 76.5. The van der Waals surface area contributed by atoms with Crippen LogP contribution in [0.15, 0.2) is 59.5 Å². The molecule has 22 nitrogen and oxygen atoms in total. The minimum absolute atomic E-state index is 0.0515. The van der Waals surface area contributed by atoms with Crippen molar-refractivity contribution in [1.82, 2.24) is 50.6 Å². The van der Waals surface area contributed by atoms with Crippen molar-refractivity contribution in [3.8, 4) is 34.5 Å². The van der Waals surface area contributed by atoms with Gasteiger partial charge in [-0.2, -0.15) is 0 Å². The van der Waals surface area contributed by atoms with Crippen molar-refractivity contribution in [2.45, 2.75) is 202 Å². The molecule has 0 bridgehead atoms. The van der Waals surface area contributed by atoms with E-state index in [0.29, 0.717) is 134 Å². The third-order valence-electron chi connectivity index (χ3n) is 21.7. The van der Waals surface area contributed by atoms with Crippen LogP contribution in [0.2, 0.25) is 20.2 Å². The number of rotatable bonds is 18. The van der Waals surface area contributed by atoms with Crippen LogP contribution in [0.1, 0.15) is 174 Å². The van der Waals surface area contributed by atoms with Gasteiger partial charge in [0.15, 0.2) is 34.5 Å². The number of thioether (sulfide) groups is 3. The van der Waals surface area contributed by atoms with Crippen LogP contribution in [0, 0.1) is 52.4 Å². The number of hydrogen-bond donors (Lipinski definition) is 6. The SMILES string of the molecule is CSc1cc(C)[nH]c(=O)c1CNC(=O)c1cc(Cl)c2c(c1C)O[C@@](C)(C1CCC(N(C)C)CC1)O2.CSc1cc(Cl)[nH]c(=O)c1CNC(=O)c1cc(Cl)c2c(c1C)O[C@@](C)(C1CCC(N(C)C)CC1)O2.CSc1nc(C)[nH]c(=O)c1CNC(=O)c1cc(Cl)c2c(c1C)O[C@@](C)(C1CCC(N(C)C)CC1)O2. The second kappa shape index (κ2) is 33.7. The Morgan fingerprint density at radius 2 is 0.752 bits per heavy atom. The zero-order valence-corrected chi connectivity index (χ0v) is 68.4. The van der Waals surface area contributed by atoms with Gasteiger partial charge in [-0.15, -0.1) is 35.3 Å². The summed E-state index contributed by atoms with van der Waals surface area (Å²) >= 11 is 29.9. The van der Waals surface area contributed by atoms with Crippen LogP contribution in [-0.2, 0) is 19.6 Å². The zero-order valence-electron chi connectivity index (χ0n) is 62.9. The molecule has 0 saturated heterocycles. The first-order valence-electron chi connectivity index (χ1n) is 35.4. The van der Waals surface area contributed by atoms with Crippen molar-refractivity contribution >= 4 is 99.4 Å². The molecule has 3 aromatic carbocycles. The lowest BCUT2D eigenvalue weighted by atomic mass is 9.81. The summed E-state index contributed by atoms with van der Waals surface area (Å²) in [6.07, 6.45) is 18.1. The first kappa shape index (κ1) is 81.3. The Labute approximate surface area is 647 Å². The van der Waals surface area contributed by atoms with Crippen LogP contribution in [0.5, 0.6) is 34.5 Å². The van der Waals surface area contributed by atoms with Crippen molar-refractivity contribution in [2.75, 3.05) is 61.1 Å². The molecule has 6 heterocycles. The van der Waals surface area contributed by atoms with E-state index in [-0.39, 0.29) is 76.9 Å². The number of aryl methyl sites for hydroxylation is 2. The summed E-state index contributed by atoms with van der Waals surface area (Å²) in [6.45, 7) is 15.2. The molecule has 0 radical (unpaired) electrons. The molecule has 3 aliphatic heterocycles. The van der Waals surface area contributed by atoms with Crippen LogP contribution in [-0.4, -0.2) is 149 Å². The van der Waals surface area contributed by atoms with Crippen molar-refractivity contribution < 1.29 is 42.8 Å². The fraction of sp³-hybridized carbons (Fsp3) is 0.539. The maximum Gasteiger partial charge on any atom is 0.257 e. The Morgan fingerprint density at radius 1 is 0.448 bits per heavy atom. The van der Waals surface area contributed by atoms with Gasteiger partial charge in [-0.25, -0.2) is 4.98 Å². The molecule has 570 valence electrons. The van der Waals surface area contributed by atoms with Crippen molar-refractivity contribution in [2.24, 2.45) is 17.8 Å². The summed E-state index contributed by atoms with van der Waals surface area (Å²) in [6, 6.07) is 10.1. The number of aromatic nitrogens is 4. The fourth-order valence-electron chi connectivity index (χ4n) is 15.2. The lowest BCUT2D eigenvalue weighted by molar-refractivity contribution is -0.123. The molecule has 0 spiro atoms. The summed E-state index contributed by atoms with van der Waals surface area (Å²) in [5.41, 5.74) is 4.56. The van der Waals surface area contributed by atoms with Gasteiger partial charge >= 0.3 is 0 Å². The quantitative estimate of drug-likeness (QED) is 0.0265. The standard InChI is InChI=1S/C26H34ClN3O4S.C25H31Cl2N3O4S.C25H33ClN4O4S/c1-14-11-21(35-6)19(25(32)29-14)13-28-24(31)18-12-20(27)23-22(15(18)2)33-26(3,34-23)16-7-9-17(10-8-16)30(4)5;1-13-16(23(31)28-12-17-19(35-5)11-20(27)29-24(17)32)10-18(26)22-21(13)33-25(2,34-22)14-6-8-15(9-7-14)30(3)4;1-13-17(22(31)27-12-18-23(32)28-14(2)29-24(18)35-6)11-19(26)21-20(13)33-25(3,34-21)15-7-9-16(10-8-15)30(4)5/h11-12,16-17H,7-10,13H2,1-6H3,(H,28,31)(H,29,32);10-11,14-15H,6-9,12H2,1-5H3,(H,28,31)(H,29,32);11,15-16H,7-10,12H2,1-6H3,(H,27,31)(H,28,29,32)/t16?,17?,26-;14?,15?,25-;15?,16?,25-/m111/s1. The number of amides is 3. The Balaban J connectivity index is 0.000000169. The van der Waals surface area contributed by atoms with E-state index in [1.165, 1.54) is 35.3 Å². The minimum atomic E-state index is -0.826. The van der Waals surface area contributed by atoms with Gasteiger partial charge in [0.1, 0.15) is 16.0 Å². The predicted octanol–water partition coefficient (Wildman–Crippen LogP) is 14.5. The molecule has 3 amide bonds. The van der Waals surface area contributed by atoms with Gasteiger partial charge in [-0.3, -0.25) is 28.8 Å². The number of fused-ring (bicyclic) bond motifs is 3. The van der Waals surface area contributed by atoms with Crippen molar-refractivity contribution in [3.05, 3.63) is 143 Å². The summed E-state index contributed by atoms with van der Waals surface area (Å²) < 4.78 is 38.1.